The van der Waals surface area contributed by atoms with Gasteiger partial charge in [0.2, 0.25) is 0 Å². The molecule has 3 nitrogen and oxygen atoms in total. The molecule has 0 fully saturated rings. The van der Waals surface area contributed by atoms with Crippen molar-refractivity contribution in [3.8, 4) is 0 Å². The summed E-state index contributed by atoms with van der Waals surface area (Å²) in [5.74, 6) is 2.63. The van der Waals surface area contributed by atoms with E-state index in [4.69, 9.17) is 34.8 Å². The van der Waals surface area contributed by atoms with Crippen molar-refractivity contribution in [3.63, 3.8) is 0 Å². The molecule has 1 atom stereocenters. The zero-order valence-electron chi connectivity index (χ0n) is 29.2. The normalized spacial score (nSPS) is 17.0. The van der Waals surface area contributed by atoms with E-state index < -0.39 is 5.38 Å². The molecule has 6 heteroatoms. The first-order valence-electron chi connectivity index (χ1n) is 17.8. The summed E-state index contributed by atoms with van der Waals surface area (Å²) in [4.78, 5) is 9.14. The van der Waals surface area contributed by atoms with E-state index in [1.807, 2.05) is 0 Å². The Bertz CT molecular complexity index is 1310. The highest BCUT2D eigenvalue weighted by Crippen LogP contribution is 2.50. The van der Waals surface area contributed by atoms with E-state index in [1.165, 1.54) is 33.6 Å². The summed E-state index contributed by atoms with van der Waals surface area (Å²) in [6.45, 7) is 18.4. The maximum absolute atomic E-state index is 7.21. The lowest BCUT2D eigenvalue weighted by molar-refractivity contribution is 0.621. The van der Waals surface area contributed by atoms with Crippen molar-refractivity contribution >= 4 is 51.3 Å². The molecular formula is C40H54Cl3N3. The molecule has 0 saturated carbocycles. The number of hydrogen-bond acceptors (Lipinski definition) is 3. The Morgan fingerprint density at radius 1 is 0.587 bits per heavy atom. The van der Waals surface area contributed by atoms with Gasteiger partial charge < -0.3 is 9.80 Å². The number of benzene rings is 2. The third-order valence-corrected chi connectivity index (χ3v) is 11.6. The summed E-state index contributed by atoms with van der Waals surface area (Å²) in [5.41, 5.74) is 8.77. The Morgan fingerprint density at radius 2 is 0.913 bits per heavy atom. The molecule has 2 aliphatic rings. The van der Waals surface area contributed by atoms with Crippen molar-refractivity contribution in [2.75, 3.05) is 9.80 Å². The lowest BCUT2D eigenvalue weighted by atomic mass is 9.84. The number of para-hydroxylation sites is 2. The van der Waals surface area contributed by atoms with Gasteiger partial charge in [0.05, 0.1) is 16.4 Å². The SMILES string of the molecule is CCC(CC)c1cccc(C(CC)CC)c1N1C=CN(c2c(C(CC)CC)cccc2C(CC)CC)C1=C1C(Cl)=CN=C(Cl)C1Cl. The highest BCUT2D eigenvalue weighted by atomic mass is 35.5. The monoisotopic (exact) mass is 681 g/mol. The molecule has 4 rings (SSSR count). The number of alkyl halides is 1. The van der Waals surface area contributed by atoms with E-state index in [2.05, 4.69) is 119 Å². The molecule has 0 aromatic heterocycles. The maximum Gasteiger partial charge on any atom is 0.128 e. The largest absolute Gasteiger partial charge is 0.301 e. The Kier molecular flexibility index (Phi) is 13.3. The third kappa shape index (κ3) is 6.99. The standard InChI is InChI=1S/C40H54Cl3N3/c1-9-26(10-2)30-19-17-20-31(27(11-3)12-4)37(30)45-23-24-46(40(45)35-34(41)25-44-39(43)36(35)42)38-32(28(13-5)14-6)21-18-22-33(38)29(15-7)16-8/h17-29,36H,9-16H2,1-8H3. The molecule has 2 aromatic carbocycles. The summed E-state index contributed by atoms with van der Waals surface area (Å²) < 4.78 is 0. The van der Waals surface area contributed by atoms with Crippen molar-refractivity contribution in [2.45, 2.75) is 136 Å². The minimum absolute atomic E-state index is 0.336. The molecule has 0 aliphatic carbocycles. The number of hydrogen-bond donors (Lipinski definition) is 0. The average Bonchev–Trinajstić information content (AvgIpc) is 3.49. The molecule has 2 heterocycles. The molecule has 0 radical (unpaired) electrons. The number of aliphatic imine (C=N–C) groups is 1. The van der Waals surface area contributed by atoms with Crippen LogP contribution in [-0.4, -0.2) is 10.5 Å². The first-order chi connectivity index (χ1) is 22.3. The van der Waals surface area contributed by atoms with Gasteiger partial charge in [-0.25, -0.2) is 4.99 Å². The summed E-state index contributed by atoms with van der Waals surface area (Å²) in [5, 5.41) is 0.182. The van der Waals surface area contributed by atoms with Crippen molar-refractivity contribution < 1.29 is 0 Å². The van der Waals surface area contributed by atoms with E-state index in [0.29, 0.717) is 33.9 Å². The zero-order chi connectivity index (χ0) is 33.5. The van der Waals surface area contributed by atoms with Gasteiger partial charge in [-0.05, 0) is 97.3 Å². The van der Waals surface area contributed by atoms with Crippen LogP contribution in [0.1, 0.15) is 153 Å². The van der Waals surface area contributed by atoms with Gasteiger partial charge in [0.15, 0.2) is 0 Å². The minimum Gasteiger partial charge on any atom is -0.301 e. The molecule has 0 saturated heterocycles. The van der Waals surface area contributed by atoms with Crippen LogP contribution in [0.5, 0.6) is 0 Å². The fourth-order valence-corrected chi connectivity index (χ4v) is 8.40. The lowest BCUT2D eigenvalue weighted by Gasteiger charge is -2.37. The fraction of sp³-hybridized carbons (Fsp3) is 0.525. The Hall–Kier alpha value is -2.20. The van der Waals surface area contributed by atoms with Gasteiger partial charge >= 0.3 is 0 Å². The van der Waals surface area contributed by atoms with Gasteiger partial charge in [0.1, 0.15) is 16.4 Å². The zero-order valence-corrected chi connectivity index (χ0v) is 31.5. The maximum atomic E-state index is 7.21. The van der Waals surface area contributed by atoms with Crippen LogP contribution in [-0.2, 0) is 0 Å². The molecule has 46 heavy (non-hydrogen) atoms. The lowest BCUT2D eigenvalue weighted by Crippen LogP contribution is -2.32. The quantitative estimate of drug-likeness (QED) is 0.185. The van der Waals surface area contributed by atoms with Gasteiger partial charge in [-0.15, -0.1) is 11.6 Å². The first-order valence-corrected chi connectivity index (χ1v) is 18.9. The van der Waals surface area contributed by atoms with E-state index in [0.717, 1.165) is 62.8 Å². The molecular weight excluding hydrogens is 629 g/mol. The number of anilines is 2. The Morgan fingerprint density at radius 3 is 1.22 bits per heavy atom. The molecule has 2 aliphatic heterocycles. The van der Waals surface area contributed by atoms with Crippen LogP contribution < -0.4 is 9.80 Å². The topological polar surface area (TPSA) is 18.8 Å². The molecule has 2 aromatic rings. The second kappa shape index (κ2) is 16.8. The predicted octanol–water partition coefficient (Wildman–Crippen LogP) is 13.6. The molecule has 0 spiro atoms. The predicted molar refractivity (Wildman–Crippen MR) is 204 cm³/mol. The van der Waals surface area contributed by atoms with Gasteiger partial charge in [0, 0.05) is 24.2 Å². The van der Waals surface area contributed by atoms with Crippen molar-refractivity contribution in [1.82, 2.24) is 0 Å². The fourth-order valence-electron chi connectivity index (χ4n) is 7.67. The van der Waals surface area contributed by atoms with Crippen LogP contribution >= 0.6 is 34.8 Å². The summed E-state index contributed by atoms with van der Waals surface area (Å²) in [7, 11) is 0. The van der Waals surface area contributed by atoms with Crippen molar-refractivity contribution in [1.29, 1.82) is 0 Å². The van der Waals surface area contributed by atoms with Crippen LogP contribution in [0.3, 0.4) is 0 Å². The van der Waals surface area contributed by atoms with Gasteiger partial charge in [-0.1, -0.05) is 115 Å². The van der Waals surface area contributed by atoms with Gasteiger partial charge in [0.25, 0.3) is 0 Å². The van der Waals surface area contributed by atoms with Crippen molar-refractivity contribution in [2.24, 2.45) is 4.99 Å². The van der Waals surface area contributed by atoms with Crippen LogP contribution in [0.15, 0.2) is 76.4 Å². The second-order valence-electron chi connectivity index (χ2n) is 12.7. The van der Waals surface area contributed by atoms with E-state index >= 15 is 0 Å². The smallest absolute Gasteiger partial charge is 0.128 e. The van der Waals surface area contributed by atoms with Crippen LogP contribution in [0, 0.1) is 0 Å². The van der Waals surface area contributed by atoms with Crippen molar-refractivity contribution in [3.05, 3.63) is 93.7 Å². The molecule has 0 bridgehead atoms. The number of halogens is 3. The number of rotatable bonds is 14. The van der Waals surface area contributed by atoms with Gasteiger partial charge in [-0.3, -0.25) is 0 Å². The molecule has 1 unspecified atom stereocenters. The first kappa shape index (κ1) is 36.6. The highest BCUT2D eigenvalue weighted by molar-refractivity contribution is 6.72. The van der Waals surface area contributed by atoms with Crippen LogP contribution in [0.2, 0.25) is 0 Å². The molecule has 0 N–H and O–H groups in total. The van der Waals surface area contributed by atoms with E-state index in [1.54, 1.807) is 6.20 Å². The Balaban J connectivity index is 2.15. The second-order valence-corrected chi connectivity index (χ2v) is 13.9. The Labute approximate surface area is 294 Å². The van der Waals surface area contributed by atoms with E-state index in [-0.39, 0.29) is 0 Å². The molecule has 0 amide bonds. The van der Waals surface area contributed by atoms with Gasteiger partial charge in [-0.2, -0.15) is 0 Å². The summed E-state index contributed by atoms with van der Waals surface area (Å²) in [6.07, 6.45) is 14.7. The summed E-state index contributed by atoms with van der Waals surface area (Å²) in [6, 6.07) is 13.8. The van der Waals surface area contributed by atoms with E-state index in [9.17, 15) is 0 Å². The number of nitrogens with zero attached hydrogens (tertiary/aromatic N) is 3. The number of allylic oxidation sites excluding steroid dienone is 2. The molecule has 250 valence electrons. The average molecular weight is 683 g/mol. The third-order valence-electron chi connectivity index (χ3n) is 10.5. The van der Waals surface area contributed by atoms with Crippen LogP contribution in [0.4, 0.5) is 11.4 Å². The highest BCUT2D eigenvalue weighted by Gasteiger charge is 2.38. The minimum atomic E-state index is -0.673. The van der Waals surface area contributed by atoms with Crippen LogP contribution in [0.25, 0.3) is 0 Å². The summed E-state index contributed by atoms with van der Waals surface area (Å²) >= 11 is 21.1.